The van der Waals surface area contributed by atoms with Crippen molar-refractivity contribution in [1.29, 1.82) is 0 Å². The number of aliphatic carboxylic acids is 1. The van der Waals surface area contributed by atoms with Gasteiger partial charge in [-0.3, -0.25) is 4.79 Å². The van der Waals surface area contributed by atoms with Crippen LogP contribution in [0.15, 0.2) is 24.3 Å². The first kappa shape index (κ1) is 14.5. The highest BCUT2D eigenvalue weighted by Crippen LogP contribution is 2.18. The summed E-state index contributed by atoms with van der Waals surface area (Å²) >= 11 is 0. The summed E-state index contributed by atoms with van der Waals surface area (Å²) in [7, 11) is 1.59. The van der Waals surface area contributed by atoms with Gasteiger partial charge in [-0.1, -0.05) is 26.0 Å². The van der Waals surface area contributed by atoms with Gasteiger partial charge in [-0.25, -0.2) is 0 Å². The highest BCUT2D eigenvalue weighted by molar-refractivity contribution is 5.75. The van der Waals surface area contributed by atoms with Gasteiger partial charge in [0.1, 0.15) is 11.8 Å². The average molecular weight is 251 g/mol. The molecular formula is C14H21NO3. The lowest BCUT2D eigenvalue weighted by molar-refractivity contribution is -0.139. The molecule has 0 saturated heterocycles. The van der Waals surface area contributed by atoms with E-state index < -0.39 is 12.0 Å². The quantitative estimate of drug-likeness (QED) is 0.781. The zero-order valence-electron chi connectivity index (χ0n) is 11.1. The molecule has 4 heteroatoms. The molecule has 0 fully saturated rings. The lowest BCUT2D eigenvalue weighted by atomic mass is 10.1. The molecular weight excluding hydrogens is 230 g/mol. The monoisotopic (exact) mass is 251 g/mol. The molecule has 1 rings (SSSR count). The Morgan fingerprint density at radius 1 is 1.33 bits per heavy atom. The summed E-state index contributed by atoms with van der Waals surface area (Å²) in [4.78, 5) is 11.2. The second-order valence-corrected chi connectivity index (χ2v) is 4.68. The molecule has 0 aromatic heterocycles. The topological polar surface area (TPSA) is 58.6 Å². The van der Waals surface area contributed by atoms with E-state index in [4.69, 9.17) is 4.74 Å². The van der Waals surface area contributed by atoms with Gasteiger partial charge in [0.25, 0.3) is 0 Å². The SMILES string of the molecule is COc1ccc(C(NCCC(C)C)C(=O)O)cc1. The van der Waals surface area contributed by atoms with Gasteiger partial charge in [0.05, 0.1) is 7.11 Å². The smallest absolute Gasteiger partial charge is 0.325 e. The first-order valence-corrected chi connectivity index (χ1v) is 6.14. The predicted octanol–water partition coefficient (Wildman–Crippen LogP) is 2.46. The van der Waals surface area contributed by atoms with E-state index in [0.29, 0.717) is 12.5 Å². The van der Waals surface area contributed by atoms with Crippen molar-refractivity contribution in [3.8, 4) is 5.75 Å². The predicted molar refractivity (Wildman–Crippen MR) is 70.8 cm³/mol. The van der Waals surface area contributed by atoms with Crippen molar-refractivity contribution in [1.82, 2.24) is 5.32 Å². The van der Waals surface area contributed by atoms with Crippen molar-refractivity contribution in [3.05, 3.63) is 29.8 Å². The summed E-state index contributed by atoms with van der Waals surface area (Å²) in [5.74, 6) is 0.428. The molecule has 1 aromatic carbocycles. The molecule has 4 nitrogen and oxygen atoms in total. The van der Waals surface area contributed by atoms with E-state index in [1.807, 2.05) is 0 Å². The van der Waals surface area contributed by atoms with E-state index in [-0.39, 0.29) is 0 Å². The van der Waals surface area contributed by atoms with E-state index in [1.54, 1.807) is 31.4 Å². The van der Waals surface area contributed by atoms with Crippen molar-refractivity contribution in [2.75, 3.05) is 13.7 Å². The Morgan fingerprint density at radius 3 is 2.39 bits per heavy atom. The van der Waals surface area contributed by atoms with Crippen molar-refractivity contribution in [2.24, 2.45) is 5.92 Å². The molecule has 100 valence electrons. The second-order valence-electron chi connectivity index (χ2n) is 4.68. The highest BCUT2D eigenvalue weighted by Gasteiger charge is 2.18. The van der Waals surface area contributed by atoms with Crippen LogP contribution in [0.4, 0.5) is 0 Å². The first-order valence-electron chi connectivity index (χ1n) is 6.14. The van der Waals surface area contributed by atoms with Crippen LogP contribution in [0.5, 0.6) is 5.75 Å². The van der Waals surface area contributed by atoms with Gasteiger partial charge in [-0.05, 0) is 36.6 Å². The van der Waals surface area contributed by atoms with E-state index in [0.717, 1.165) is 17.7 Å². The van der Waals surface area contributed by atoms with Crippen molar-refractivity contribution < 1.29 is 14.6 Å². The molecule has 0 saturated carbocycles. The molecule has 0 aliphatic rings. The third kappa shape index (κ3) is 4.37. The molecule has 1 aromatic rings. The maximum absolute atomic E-state index is 11.2. The summed E-state index contributed by atoms with van der Waals surface area (Å²) < 4.78 is 5.05. The van der Waals surface area contributed by atoms with Crippen LogP contribution in [0.3, 0.4) is 0 Å². The van der Waals surface area contributed by atoms with Crippen LogP contribution in [-0.2, 0) is 4.79 Å². The summed E-state index contributed by atoms with van der Waals surface area (Å²) in [6, 6.07) is 6.44. The number of rotatable bonds is 7. The van der Waals surface area contributed by atoms with Crippen LogP contribution in [0, 0.1) is 5.92 Å². The zero-order chi connectivity index (χ0) is 13.5. The molecule has 1 unspecified atom stereocenters. The lowest BCUT2D eigenvalue weighted by Crippen LogP contribution is -2.29. The maximum atomic E-state index is 11.2. The van der Waals surface area contributed by atoms with E-state index >= 15 is 0 Å². The minimum absolute atomic E-state index is 0.558. The van der Waals surface area contributed by atoms with Crippen LogP contribution in [-0.4, -0.2) is 24.7 Å². The summed E-state index contributed by atoms with van der Waals surface area (Å²) in [6.45, 7) is 4.93. The van der Waals surface area contributed by atoms with Gasteiger partial charge in [0.15, 0.2) is 0 Å². The Balaban J connectivity index is 2.68. The molecule has 0 aliphatic carbocycles. The number of methoxy groups -OCH3 is 1. The van der Waals surface area contributed by atoms with Gasteiger partial charge in [-0.15, -0.1) is 0 Å². The Kier molecular flexibility index (Phi) is 5.65. The van der Waals surface area contributed by atoms with Crippen molar-refractivity contribution in [3.63, 3.8) is 0 Å². The Hall–Kier alpha value is -1.55. The number of hydrogen-bond donors (Lipinski definition) is 2. The minimum atomic E-state index is -0.857. The number of benzene rings is 1. The van der Waals surface area contributed by atoms with Crippen LogP contribution in [0.2, 0.25) is 0 Å². The van der Waals surface area contributed by atoms with Gasteiger partial charge in [0, 0.05) is 0 Å². The third-order valence-electron chi connectivity index (χ3n) is 2.77. The molecule has 0 heterocycles. The first-order chi connectivity index (χ1) is 8.54. The zero-order valence-corrected chi connectivity index (χ0v) is 11.1. The number of carbonyl (C=O) groups is 1. The fraction of sp³-hybridized carbons (Fsp3) is 0.500. The molecule has 0 aliphatic heterocycles. The number of carboxylic acids is 1. The fourth-order valence-electron chi connectivity index (χ4n) is 1.66. The summed E-state index contributed by atoms with van der Waals surface area (Å²) in [6.07, 6.45) is 0.958. The van der Waals surface area contributed by atoms with Crippen LogP contribution < -0.4 is 10.1 Å². The Labute approximate surface area is 108 Å². The van der Waals surface area contributed by atoms with Gasteiger partial charge < -0.3 is 15.2 Å². The average Bonchev–Trinajstić information content (AvgIpc) is 2.34. The number of hydrogen-bond acceptors (Lipinski definition) is 3. The second kappa shape index (κ2) is 7.01. The van der Waals surface area contributed by atoms with E-state index in [2.05, 4.69) is 19.2 Å². The molecule has 0 radical (unpaired) electrons. The highest BCUT2D eigenvalue weighted by atomic mass is 16.5. The molecule has 2 N–H and O–H groups in total. The molecule has 0 spiro atoms. The van der Waals surface area contributed by atoms with Gasteiger partial charge >= 0.3 is 5.97 Å². The van der Waals surface area contributed by atoms with Gasteiger partial charge in [-0.2, -0.15) is 0 Å². The number of carboxylic acid groups (broad SMARTS) is 1. The summed E-state index contributed by atoms with van der Waals surface area (Å²) in [5.41, 5.74) is 0.743. The van der Waals surface area contributed by atoms with E-state index in [9.17, 15) is 9.90 Å². The Bertz CT molecular complexity index is 373. The van der Waals surface area contributed by atoms with Crippen molar-refractivity contribution >= 4 is 5.97 Å². The van der Waals surface area contributed by atoms with Crippen LogP contribution in [0.1, 0.15) is 31.9 Å². The molecule has 1 atom stereocenters. The number of nitrogens with one attached hydrogen (secondary N) is 1. The Morgan fingerprint density at radius 2 is 1.94 bits per heavy atom. The lowest BCUT2D eigenvalue weighted by Gasteiger charge is -2.16. The van der Waals surface area contributed by atoms with Crippen LogP contribution in [0.25, 0.3) is 0 Å². The number of ether oxygens (including phenoxy) is 1. The molecule has 18 heavy (non-hydrogen) atoms. The third-order valence-corrected chi connectivity index (χ3v) is 2.77. The maximum Gasteiger partial charge on any atom is 0.325 e. The minimum Gasteiger partial charge on any atom is -0.497 e. The van der Waals surface area contributed by atoms with E-state index in [1.165, 1.54) is 0 Å². The van der Waals surface area contributed by atoms with Crippen molar-refractivity contribution in [2.45, 2.75) is 26.3 Å². The fourth-order valence-corrected chi connectivity index (χ4v) is 1.66. The molecule has 0 bridgehead atoms. The normalized spacial score (nSPS) is 12.4. The standard InChI is InChI=1S/C14H21NO3/c1-10(2)8-9-15-13(14(16)17)11-4-6-12(18-3)7-5-11/h4-7,10,13,15H,8-9H2,1-3H3,(H,16,17). The largest absolute Gasteiger partial charge is 0.497 e. The summed E-state index contributed by atoms with van der Waals surface area (Å²) in [5, 5.41) is 12.3. The van der Waals surface area contributed by atoms with Gasteiger partial charge in [0.2, 0.25) is 0 Å². The molecule has 0 amide bonds. The van der Waals surface area contributed by atoms with Crippen LogP contribution >= 0.6 is 0 Å².